The summed E-state index contributed by atoms with van der Waals surface area (Å²) in [4.78, 5) is 13.7. The van der Waals surface area contributed by atoms with Gasteiger partial charge in [-0.25, -0.2) is 9.69 Å². The number of nitrogens with zero attached hydrogens (tertiary/aromatic N) is 2. The van der Waals surface area contributed by atoms with Gasteiger partial charge in [0.1, 0.15) is 0 Å². The van der Waals surface area contributed by atoms with E-state index >= 15 is 0 Å². The lowest BCUT2D eigenvalue weighted by atomic mass is 9.95. The third-order valence-electron chi connectivity index (χ3n) is 2.41. The minimum atomic E-state index is -1.15. The van der Waals surface area contributed by atoms with Gasteiger partial charge in [0.2, 0.25) is 0 Å². The van der Waals surface area contributed by atoms with Crippen LogP contribution in [0, 0.1) is 11.3 Å². The maximum Gasteiger partial charge on any atom is 0.417 e. The lowest BCUT2D eigenvalue weighted by Crippen LogP contribution is -2.27. The van der Waals surface area contributed by atoms with Gasteiger partial charge in [-0.05, 0) is 11.6 Å². The van der Waals surface area contributed by atoms with Crippen molar-refractivity contribution < 1.29 is 9.90 Å². The summed E-state index contributed by atoms with van der Waals surface area (Å²) in [5.41, 5.74) is 1.62. The van der Waals surface area contributed by atoms with E-state index in [1.807, 2.05) is 44.3 Å². The maximum absolute atomic E-state index is 10.9. The van der Waals surface area contributed by atoms with Gasteiger partial charge in [0.15, 0.2) is 0 Å². The first kappa shape index (κ1) is 16.2. The van der Waals surface area contributed by atoms with Crippen LogP contribution in [0.5, 0.6) is 0 Å². The maximum atomic E-state index is 10.9. The quantitative estimate of drug-likeness (QED) is 0.612. The van der Waals surface area contributed by atoms with Crippen molar-refractivity contribution in [3.05, 3.63) is 35.7 Å². The van der Waals surface area contributed by atoms with E-state index in [4.69, 9.17) is 10.5 Å². The van der Waals surface area contributed by atoms with Crippen LogP contribution in [-0.2, 0) is 0 Å². The second kappa shape index (κ2) is 6.86. The molecule has 1 aliphatic rings. The number of nitrogens with one attached hydrogen (secondary N) is 1. The molecule has 0 aliphatic heterocycles. The lowest BCUT2D eigenvalue weighted by Gasteiger charge is -2.22. The monoisotopic (exact) mass is 271 g/mol. The summed E-state index contributed by atoms with van der Waals surface area (Å²) in [5, 5.41) is 16.0. The van der Waals surface area contributed by atoms with Gasteiger partial charge in [-0.3, -0.25) is 5.41 Å². The van der Waals surface area contributed by atoms with Crippen LogP contribution in [0.25, 0.3) is 0 Å². The smallest absolute Gasteiger partial charge is 0.417 e. The Bertz CT molecular complexity index is 414. The topological polar surface area (TPSA) is 67.6 Å². The molecule has 1 unspecified atom stereocenters. The van der Waals surface area contributed by atoms with Crippen LogP contribution in [0.15, 0.2) is 35.7 Å². The minimum absolute atomic E-state index is 0. The predicted molar refractivity (Wildman–Crippen MR) is 74.1 cm³/mol. The van der Waals surface area contributed by atoms with Gasteiger partial charge >= 0.3 is 6.09 Å². The van der Waals surface area contributed by atoms with Gasteiger partial charge in [-0.2, -0.15) is 0 Å². The fourth-order valence-corrected chi connectivity index (χ4v) is 1.60. The number of hydrogen-bond acceptors (Lipinski definition) is 3. The molecule has 1 aliphatic carbocycles. The number of amides is 1. The Labute approximate surface area is 113 Å². The highest BCUT2D eigenvalue weighted by Gasteiger charge is 2.17. The van der Waals surface area contributed by atoms with Crippen molar-refractivity contribution in [3.63, 3.8) is 0 Å². The summed E-state index contributed by atoms with van der Waals surface area (Å²) in [6.45, 7) is 1.99. The molecule has 0 aromatic carbocycles. The predicted octanol–water partition coefficient (Wildman–Crippen LogP) is 2.53. The average Bonchev–Trinajstić information content (AvgIpc) is 2.22. The molecule has 0 radical (unpaired) electrons. The molecule has 100 valence electrons. The summed E-state index contributed by atoms with van der Waals surface area (Å²) in [6.07, 6.45) is 7.04. The van der Waals surface area contributed by atoms with Gasteiger partial charge < -0.3 is 10.0 Å². The van der Waals surface area contributed by atoms with Crippen LogP contribution in [-0.4, -0.2) is 41.4 Å². The molecule has 6 heteroatoms. The molecule has 0 bridgehead atoms. The van der Waals surface area contributed by atoms with Gasteiger partial charge in [0.25, 0.3) is 0 Å². The Balaban J connectivity index is 0.00000289. The van der Waals surface area contributed by atoms with Crippen LogP contribution in [0.3, 0.4) is 0 Å². The van der Waals surface area contributed by atoms with Crippen LogP contribution in [0.4, 0.5) is 4.79 Å². The third kappa shape index (κ3) is 3.92. The molecule has 0 fully saturated rings. The van der Waals surface area contributed by atoms with Crippen molar-refractivity contribution in [2.75, 3.05) is 14.1 Å². The second-order valence-electron chi connectivity index (χ2n) is 4.09. The molecule has 5 nitrogen and oxygen atoms in total. The van der Waals surface area contributed by atoms with Gasteiger partial charge in [-0.15, -0.1) is 12.4 Å². The number of carbonyl (C=O) groups is 1. The normalized spacial score (nSPS) is 19.8. The summed E-state index contributed by atoms with van der Waals surface area (Å²) < 4.78 is 0. The number of carboxylic acid groups (broad SMARTS) is 1. The number of halogens is 1. The zero-order chi connectivity index (χ0) is 13.0. The van der Waals surface area contributed by atoms with Gasteiger partial charge in [0, 0.05) is 31.9 Å². The molecule has 1 rings (SSSR count). The third-order valence-corrected chi connectivity index (χ3v) is 2.41. The van der Waals surface area contributed by atoms with E-state index in [-0.39, 0.29) is 18.3 Å². The number of rotatable bonds is 3. The van der Waals surface area contributed by atoms with Gasteiger partial charge in [-0.1, -0.05) is 19.1 Å². The summed E-state index contributed by atoms with van der Waals surface area (Å²) in [5.74, 6) is 0.124. The Hall–Kier alpha value is -1.75. The van der Waals surface area contributed by atoms with E-state index in [0.717, 1.165) is 16.8 Å². The van der Waals surface area contributed by atoms with Crippen molar-refractivity contribution >= 4 is 24.8 Å². The van der Waals surface area contributed by atoms with E-state index in [0.29, 0.717) is 5.70 Å². The zero-order valence-corrected chi connectivity index (χ0v) is 11.4. The van der Waals surface area contributed by atoms with E-state index in [1.165, 1.54) is 0 Å². The van der Waals surface area contributed by atoms with Crippen LogP contribution < -0.4 is 0 Å². The van der Waals surface area contributed by atoms with Crippen molar-refractivity contribution in [2.24, 2.45) is 5.92 Å². The van der Waals surface area contributed by atoms with Crippen molar-refractivity contribution in [2.45, 2.75) is 6.92 Å². The molecule has 0 saturated carbocycles. The Morgan fingerprint density at radius 1 is 1.44 bits per heavy atom. The Morgan fingerprint density at radius 2 is 2.06 bits per heavy atom. The minimum Gasteiger partial charge on any atom is -0.464 e. The first-order valence-electron chi connectivity index (χ1n) is 5.26. The SMILES string of the molecule is CC1C=C(N(C=N)C(=O)O)C=CC1=CN(C)C.Cl. The highest BCUT2D eigenvalue weighted by atomic mass is 35.5. The Morgan fingerprint density at radius 3 is 2.44 bits per heavy atom. The molecule has 1 amide bonds. The lowest BCUT2D eigenvalue weighted by molar-refractivity contribution is 0.178. The molecule has 0 saturated heterocycles. The molecule has 0 heterocycles. The number of hydrogen-bond donors (Lipinski definition) is 2. The van der Waals surface area contributed by atoms with E-state index in [9.17, 15) is 4.79 Å². The zero-order valence-electron chi connectivity index (χ0n) is 10.6. The van der Waals surface area contributed by atoms with Crippen LogP contribution >= 0.6 is 12.4 Å². The summed E-state index contributed by atoms with van der Waals surface area (Å²) in [7, 11) is 3.88. The summed E-state index contributed by atoms with van der Waals surface area (Å²) in [6, 6.07) is 0. The summed E-state index contributed by atoms with van der Waals surface area (Å²) >= 11 is 0. The first-order valence-corrected chi connectivity index (χ1v) is 5.26. The van der Waals surface area contributed by atoms with Crippen LogP contribution in [0.2, 0.25) is 0 Å². The van der Waals surface area contributed by atoms with E-state index < -0.39 is 6.09 Å². The molecule has 2 N–H and O–H groups in total. The molecule has 18 heavy (non-hydrogen) atoms. The fraction of sp³-hybridized carbons (Fsp3) is 0.333. The molecular weight excluding hydrogens is 254 g/mol. The second-order valence-corrected chi connectivity index (χ2v) is 4.09. The van der Waals surface area contributed by atoms with E-state index in [2.05, 4.69) is 0 Å². The largest absolute Gasteiger partial charge is 0.464 e. The van der Waals surface area contributed by atoms with Crippen LogP contribution in [0.1, 0.15) is 6.92 Å². The fourth-order valence-electron chi connectivity index (χ4n) is 1.60. The average molecular weight is 272 g/mol. The van der Waals surface area contributed by atoms with Gasteiger partial charge in [0.05, 0.1) is 6.34 Å². The van der Waals surface area contributed by atoms with Crippen molar-refractivity contribution in [3.8, 4) is 0 Å². The highest BCUT2D eigenvalue weighted by molar-refractivity contribution is 5.85. The molecule has 1 atom stereocenters. The Kier molecular flexibility index (Phi) is 6.19. The first-order chi connectivity index (χ1) is 7.95. The molecular formula is C12H18ClN3O2. The number of allylic oxidation sites excluding steroid dienone is 4. The molecule has 0 aromatic heterocycles. The van der Waals surface area contributed by atoms with E-state index in [1.54, 1.807) is 6.08 Å². The standard InChI is InChI=1S/C12H17N3O2.ClH/c1-9-6-11(15(8-13)12(16)17)5-4-10(9)7-14(2)3;/h4-9,13H,1-3H3,(H,16,17);1H. The molecule has 0 aromatic rings. The van der Waals surface area contributed by atoms with Crippen molar-refractivity contribution in [1.82, 2.24) is 9.80 Å². The van der Waals surface area contributed by atoms with Crippen molar-refractivity contribution in [1.29, 1.82) is 5.41 Å². The molecule has 0 spiro atoms. The highest BCUT2D eigenvalue weighted by Crippen LogP contribution is 2.23.